The molecular weight excluding hydrogens is 182 g/mol. The van der Waals surface area contributed by atoms with Gasteiger partial charge in [0.05, 0.1) is 12.6 Å². The molecule has 4 nitrogen and oxygen atoms in total. The molecule has 0 amide bonds. The molecule has 1 N–H and O–H groups in total. The van der Waals surface area contributed by atoms with Crippen molar-refractivity contribution in [1.29, 1.82) is 0 Å². The first-order valence-electron chi connectivity index (χ1n) is 4.12. The molecule has 2 aromatic rings. The predicted molar refractivity (Wildman–Crippen MR) is 51.9 cm³/mol. The number of hydrogen-bond donors (Lipinski definition) is 1. The molecule has 72 valence electrons. The Bertz CT molecular complexity index is 487. The second kappa shape index (κ2) is 3.06. The summed E-state index contributed by atoms with van der Waals surface area (Å²) in [4.78, 5) is 10.9. The van der Waals surface area contributed by atoms with Gasteiger partial charge in [0, 0.05) is 11.5 Å². The lowest BCUT2D eigenvalue weighted by atomic mass is 10.2. The van der Waals surface area contributed by atoms with Gasteiger partial charge in [-0.25, -0.2) is 9.36 Å². The van der Waals surface area contributed by atoms with Crippen molar-refractivity contribution < 1.29 is 14.6 Å². The standard InChI is InChI=1S/C10H9NO3/c1-14-9-6-7-4-2-3-5-8(7)11(9)10(12)13/h2-6H,1H3,(H,12,13). The molecule has 1 aromatic heterocycles. The van der Waals surface area contributed by atoms with Crippen LogP contribution in [-0.4, -0.2) is 22.9 Å². The van der Waals surface area contributed by atoms with Crippen molar-refractivity contribution in [2.45, 2.75) is 0 Å². The van der Waals surface area contributed by atoms with Gasteiger partial charge < -0.3 is 9.84 Å². The molecule has 2 rings (SSSR count). The van der Waals surface area contributed by atoms with E-state index in [0.29, 0.717) is 11.4 Å². The van der Waals surface area contributed by atoms with Crippen LogP contribution in [0.4, 0.5) is 4.79 Å². The summed E-state index contributed by atoms with van der Waals surface area (Å²) < 4.78 is 6.09. The second-order valence-electron chi connectivity index (χ2n) is 2.86. The molecule has 0 fully saturated rings. The number of ether oxygens (including phenoxy) is 1. The zero-order valence-corrected chi connectivity index (χ0v) is 7.60. The Morgan fingerprint density at radius 3 is 2.79 bits per heavy atom. The number of fused-ring (bicyclic) bond motifs is 1. The van der Waals surface area contributed by atoms with E-state index in [2.05, 4.69) is 0 Å². The van der Waals surface area contributed by atoms with Crippen LogP contribution < -0.4 is 4.74 Å². The number of nitrogens with zero attached hydrogens (tertiary/aromatic N) is 1. The smallest absolute Gasteiger partial charge is 0.418 e. The van der Waals surface area contributed by atoms with Crippen LogP contribution >= 0.6 is 0 Å². The fourth-order valence-corrected chi connectivity index (χ4v) is 1.48. The van der Waals surface area contributed by atoms with Crippen LogP contribution in [-0.2, 0) is 0 Å². The highest BCUT2D eigenvalue weighted by molar-refractivity contribution is 5.91. The minimum Gasteiger partial charge on any atom is -0.482 e. The molecule has 0 bridgehead atoms. The van der Waals surface area contributed by atoms with E-state index < -0.39 is 6.09 Å². The molecule has 0 aliphatic rings. The Kier molecular flexibility index (Phi) is 1.89. The largest absolute Gasteiger partial charge is 0.482 e. The SMILES string of the molecule is COc1cc2ccccc2n1C(=O)O. The second-order valence-corrected chi connectivity index (χ2v) is 2.86. The summed E-state index contributed by atoms with van der Waals surface area (Å²) in [6.45, 7) is 0. The van der Waals surface area contributed by atoms with Gasteiger partial charge >= 0.3 is 6.09 Å². The van der Waals surface area contributed by atoms with Gasteiger partial charge in [-0.2, -0.15) is 0 Å². The normalized spacial score (nSPS) is 10.4. The van der Waals surface area contributed by atoms with Gasteiger partial charge in [0.1, 0.15) is 0 Å². The van der Waals surface area contributed by atoms with Crippen molar-refractivity contribution >= 4 is 17.0 Å². The molecule has 4 heteroatoms. The van der Waals surface area contributed by atoms with Gasteiger partial charge in [-0.05, 0) is 6.07 Å². The maximum atomic E-state index is 10.9. The van der Waals surface area contributed by atoms with Crippen molar-refractivity contribution in [1.82, 2.24) is 4.57 Å². The third-order valence-corrected chi connectivity index (χ3v) is 2.08. The highest BCUT2D eigenvalue weighted by Gasteiger charge is 2.13. The lowest BCUT2D eigenvalue weighted by Gasteiger charge is -2.02. The molecule has 0 atom stereocenters. The van der Waals surface area contributed by atoms with E-state index in [-0.39, 0.29) is 0 Å². The van der Waals surface area contributed by atoms with Gasteiger partial charge in [0.25, 0.3) is 0 Å². The van der Waals surface area contributed by atoms with Crippen LogP contribution in [0.25, 0.3) is 10.9 Å². The minimum absolute atomic E-state index is 0.332. The van der Waals surface area contributed by atoms with Gasteiger partial charge in [-0.3, -0.25) is 0 Å². The third-order valence-electron chi connectivity index (χ3n) is 2.08. The number of benzene rings is 1. The Morgan fingerprint density at radius 1 is 1.43 bits per heavy atom. The Hall–Kier alpha value is -1.97. The molecule has 0 spiro atoms. The average molecular weight is 191 g/mol. The van der Waals surface area contributed by atoms with E-state index >= 15 is 0 Å². The van der Waals surface area contributed by atoms with E-state index in [1.807, 2.05) is 12.1 Å². The number of carboxylic acid groups (broad SMARTS) is 1. The van der Waals surface area contributed by atoms with Gasteiger partial charge in [0.2, 0.25) is 5.88 Å². The first-order chi connectivity index (χ1) is 6.74. The summed E-state index contributed by atoms with van der Waals surface area (Å²) in [5, 5.41) is 9.82. The molecular formula is C10H9NO3. The molecule has 0 saturated carbocycles. The summed E-state index contributed by atoms with van der Waals surface area (Å²) >= 11 is 0. The number of methoxy groups -OCH3 is 1. The van der Waals surface area contributed by atoms with Crippen molar-refractivity contribution in [2.24, 2.45) is 0 Å². The summed E-state index contributed by atoms with van der Waals surface area (Å²) in [5.74, 6) is 0.332. The van der Waals surface area contributed by atoms with Crippen LogP contribution in [0.1, 0.15) is 0 Å². The Morgan fingerprint density at radius 2 is 2.14 bits per heavy atom. The molecule has 14 heavy (non-hydrogen) atoms. The first-order valence-corrected chi connectivity index (χ1v) is 4.12. The summed E-state index contributed by atoms with van der Waals surface area (Å²) in [6, 6.07) is 8.93. The maximum Gasteiger partial charge on any atom is 0.418 e. The highest BCUT2D eigenvalue weighted by atomic mass is 16.5. The summed E-state index contributed by atoms with van der Waals surface area (Å²) in [7, 11) is 1.45. The molecule has 1 aromatic carbocycles. The number of aromatic nitrogens is 1. The van der Waals surface area contributed by atoms with E-state index in [9.17, 15) is 4.79 Å². The molecule has 1 heterocycles. The highest BCUT2D eigenvalue weighted by Crippen LogP contribution is 2.24. The molecule has 0 aliphatic heterocycles. The van der Waals surface area contributed by atoms with E-state index in [1.54, 1.807) is 18.2 Å². The predicted octanol–water partition coefficient (Wildman–Crippen LogP) is 2.18. The minimum atomic E-state index is -1.04. The monoisotopic (exact) mass is 191 g/mol. The molecule has 0 radical (unpaired) electrons. The Labute approximate surface area is 80.3 Å². The van der Waals surface area contributed by atoms with Gasteiger partial charge in [0.15, 0.2) is 0 Å². The quantitative estimate of drug-likeness (QED) is 0.751. The summed E-state index contributed by atoms with van der Waals surface area (Å²) in [6.07, 6.45) is -1.04. The van der Waals surface area contributed by atoms with Crippen molar-refractivity contribution in [3.05, 3.63) is 30.3 Å². The van der Waals surface area contributed by atoms with Crippen molar-refractivity contribution in [3.63, 3.8) is 0 Å². The lowest BCUT2D eigenvalue weighted by Crippen LogP contribution is -2.08. The molecule has 0 saturated heterocycles. The maximum absolute atomic E-state index is 10.9. The number of para-hydroxylation sites is 1. The van der Waals surface area contributed by atoms with Crippen LogP contribution in [0.5, 0.6) is 5.88 Å². The van der Waals surface area contributed by atoms with E-state index in [4.69, 9.17) is 9.84 Å². The van der Waals surface area contributed by atoms with Crippen molar-refractivity contribution in [3.8, 4) is 5.88 Å². The van der Waals surface area contributed by atoms with Crippen LogP contribution in [0.3, 0.4) is 0 Å². The van der Waals surface area contributed by atoms with Crippen molar-refractivity contribution in [2.75, 3.05) is 7.11 Å². The average Bonchev–Trinajstić information content (AvgIpc) is 2.55. The molecule has 0 unspecified atom stereocenters. The number of carbonyl (C=O) groups is 1. The van der Waals surface area contributed by atoms with Crippen LogP contribution in [0, 0.1) is 0 Å². The van der Waals surface area contributed by atoms with Crippen LogP contribution in [0.15, 0.2) is 30.3 Å². The fraction of sp³-hybridized carbons (Fsp3) is 0.100. The van der Waals surface area contributed by atoms with E-state index in [1.165, 1.54) is 7.11 Å². The van der Waals surface area contributed by atoms with Gasteiger partial charge in [-0.15, -0.1) is 0 Å². The Balaban J connectivity index is 2.81. The fourth-order valence-electron chi connectivity index (χ4n) is 1.48. The molecule has 0 aliphatic carbocycles. The summed E-state index contributed by atoms with van der Waals surface area (Å²) in [5.41, 5.74) is 0.636. The van der Waals surface area contributed by atoms with Crippen LogP contribution in [0.2, 0.25) is 0 Å². The first kappa shape index (κ1) is 8.62. The topological polar surface area (TPSA) is 51.5 Å². The lowest BCUT2D eigenvalue weighted by molar-refractivity contribution is 0.194. The van der Waals surface area contributed by atoms with E-state index in [0.717, 1.165) is 9.95 Å². The third kappa shape index (κ3) is 1.12. The van der Waals surface area contributed by atoms with Gasteiger partial charge in [-0.1, -0.05) is 18.2 Å². The number of rotatable bonds is 1. The zero-order valence-electron chi connectivity index (χ0n) is 7.60. The number of hydrogen-bond acceptors (Lipinski definition) is 2. The zero-order chi connectivity index (χ0) is 10.1.